The number of aromatic nitrogens is 1. The predicted molar refractivity (Wildman–Crippen MR) is 63.1 cm³/mol. The molecule has 0 bridgehead atoms. The molecule has 0 amide bonds. The lowest BCUT2D eigenvalue weighted by atomic mass is 10.2. The van der Waals surface area contributed by atoms with Crippen LogP contribution in [0.1, 0.15) is 11.7 Å². The molecule has 72 valence electrons. The minimum Gasteiger partial charge on any atom is -0.357 e. The molecule has 1 atom stereocenters. The van der Waals surface area contributed by atoms with Crippen LogP contribution in [0.3, 0.4) is 0 Å². The zero-order chi connectivity index (χ0) is 10.1. The molecule has 3 N–H and O–H groups in total. The Bertz CT molecular complexity index is 473. The van der Waals surface area contributed by atoms with Crippen LogP contribution in [-0.2, 0) is 0 Å². The lowest BCUT2D eigenvalue weighted by Crippen LogP contribution is -2.06. The summed E-state index contributed by atoms with van der Waals surface area (Å²) in [6.07, 6.45) is 1.72. The predicted octanol–water partition coefficient (Wildman–Crippen LogP) is 3.12. The molecular formula is C11H11BrN2. The highest BCUT2D eigenvalue weighted by atomic mass is 79.9. The normalized spacial score (nSPS) is 13.0. The molecule has 3 heteroatoms. The van der Waals surface area contributed by atoms with Crippen LogP contribution in [0, 0.1) is 0 Å². The van der Waals surface area contributed by atoms with E-state index in [1.54, 1.807) is 6.08 Å². The third kappa shape index (κ3) is 1.61. The third-order valence-electron chi connectivity index (χ3n) is 2.22. The van der Waals surface area contributed by atoms with Crippen molar-refractivity contribution >= 4 is 26.8 Å². The van der Waals surface area contributed by atoms with E-state index in [9.17, 15) is 0 Å². The Balaban J connectivity index is 2.56. The first-order valence-corrected chi connectivity index (χ1v) is 5.16. The van der Waals surface area contributed by atoms with Gasteiger partial charge in [-0.05, 0) is 24.3 Å². The lowest BCUT2D eigenvalue weighted by Gasteiger charge is -2.00. The zero-order valence-electron chi connectivity index (χ0n) is 7.63. The fourth-order valence-corrected chi connectivity index (χ4v) is 1.81. The monoisotopic (exact) mass is 250 g/mol. The summed E-state index contributed by atoms with van der Waals surface area (Å²) >= 11 is 3.43. The number of hydrogen-bond donors (Lipinski definition) is 2. The van der Waals surface area contributed by atoms with Gasteiger partial charge in [0, 0.05) is 21.1 Å². The molecule has 2 aromatic rings. The highest BCUT2D eigenvalue weighted by Crippen LogP contribution is 2.22. The summed E-state index contributed by atoms with van der Waals surface area (Å²) in [5.41, 5.74) is 7.93. The molecule has 0 fully saturated rings. The second kappa shape index (κ2) is 3.59. The summed E-state index contributed by atoms with van der Waals surface area (Å²) in [4.78, 5) is 3.26. The quantitative estimate of drug-likeness (QED) is 0.791. The summed E-state index contributed by atoms with van der Waals surface area (Å²) in [7, 11) is 0. The first-order valence-electron chi connectivity index (χ1n) is 4.37. The van der Waals surface area contributed by atoms with Crippen molar-refractivity contribution in [1.82, 2.24) is 4.98 Å². The van der Waals surface area contributed by atoms with E-state index in [1.165, 1.54) is 0 Å². The van der Waals surface area contributed by atoms with Gasteiger partial charge in [-0.2, -0.15) is 0 Å². The molecule has 0 spiro atoms. The summed E-state index contributed by atoms with van der Waals surface area (Å²) in [6.45, 7) is 3.67. The Labute approximate surface area is 90.9 Å². The number of hydrogen-bond acceptors (Lipinski definition) is 1. The molecule has 14 heavy (non-hydrogen) atoms. The third-order valence-corrected chi connectivity index (χ3v) is 2.71. The Kier molecular flexibility index (Phi) is 2.44. The van der Waals surface area contributed by atoms with Gasteiger partial charge in [-0.1, -0.05) is 22.0 Å². The standard InChI is InChI=1S/C11H11BrN2/c1-2-9(13)11-6-7-5-8(12)3-4-10(7)14-11/h2-6,9,14H,1,13H2/t9-/m0/s1. The minimum absolute atomic E-state index is 0.124. The first kappa shape index (κ1) is 9.49. The number of rotatable bonds is 2. The molecule has 0 aliphatic heterocycles. The summed E-state index contributed by atoms with van der Waals surface area (Å²) in [6, 6.07) is 8.01. The molecule has 0 saturated heterocycles. The van der Waals surface area contributed by atoms with Crippen LogP contribution in [0.25, 0.3) is 10.9 Å². The molecule has 1 aromatic heterocycles. The van der Waals surface area contributed by atoms with Gasteiger partial charge >= 0.3 is 0 Å². The van der Waals surface area contributed by atoms with Crippen molar-refractivity contribution in [3.63, 3.8) is 0 Å². The highest BCUT2D eigenvalue weighted by Gasteiger charge is 2.05. The Morgan fingerprint density at radius 3 is 2.93 bits per heavy atom. The smallest absolute Gasteiger partial charge is 0.0631 e. The number of halogens is 1. The number of H-pyrrole nitrogens is 1. The van der Waals surface area contributed by atoms with Crippen molar-refractivity contribution in [3.8, 4) is 0 Å². The molecule has 0 radical (unpaired) electrons. The number of nitrogens with one attached hydrogen (secondary N) is 1. The second-order valence-corrected chi connectivity index (χ2v) is 4.13. The average Bonchev–Trinajstić information content (AvgIpc) is 2.59. The number of aromatic amines is 1. The van der Waals surface area contributed by atoms with Crippen molar-refractivity contribution in [2.24, 2.45) is 5.73 Å². The van der Waals surface area contributed by atoms with Gasteiger partial charge in [0.15, 0.2) is 0 Å². The van der Waals surface area contributed by atoms with Crippen molar-refractivity contribution in [3.05, 3.63) is 47.1 Å². The number of benzene rings is 1. The second-order valence-electron chi connectivity index (χ2n) is 3.22. The van der Waals surface area contributed by atoms with Gasteiger partial charge in [0.1, 0.15) is 0 Å². The Hall–Kier alpha value is -1.06. The van der Waals surface area contributed by atoms with E-state index >= 15 is 0 Å². The van der Waals surface area contributed by atoms with Gasteiger partial charge in [-0.25, -0.2) is 0 Å². The van der Waals surface area contributed by atoms with Crippen LogP contribution in [-0.4, -0.2) is 4.98 Å². The summed E-state index contributed by atoms with van der Waals surface area (Å²) in [5, 5.41) is 1.16. The van der Waals surface area contributed by atoms with Crippen LogP contribution in [0.4, 0.5) is 0 Å². The molecule has 0 aliphatic carbocycles. The minimum atomic E-state index is -0.124. The Morgan fingerprint density at radius 1 is 1.43 bits per heavy atom. The van der Waals surface area contributed by atoms with Crippen molar-refractivity contribution in [2.45, 2.75) is 6.04 Å². The van der Waals surface area contributed by atoms with Crippen LogP contribution in [0.15, 0.2) is 41.4 Å². The van der Waals surface area contributed by atoms with Gasteiger partial charge in [0.05, 0.1) is 6.04 Å². The van der Waals surface area contributed by atoms with E-state index in [-0.39, 0.29) is 6.04 Å². The summed E-state index contributed by atoms with van der Waals surface area (Å²) < 4.78 is 1.07. The fraction of sp³-hybridized carbons (Fsp3) is 0.0909. The fourth-order valence-electron chi connectivity index (χ4n) is 1.43. The zero-order valence-corrected chi connectivity index (χ0v) is 9.21. The number of nitrogens with two attached hydrogens (primary N) is 1. The van der Waals surface area contributed by atoms with Crippen molar-refractivity contribution in [2.75, 3.05) is 0 Å². The lowest BCUT2D eigenvalue weighted by molar-refractivity contribution is 0.880. The van der Waals surface area contributed by atoms with Gasteiger partial charge < -0.3 is 10.7 Å². The van der Waals surface area contributed by atoms with Crippen LogP contribution in [0.2, 0.25) is 0 Å². The highest BCUT2D eigenvalue weighted by molar-refractivity contribution is 9.10. The molecule has 0 unspecified atom stereocenters. The maximum atomic E-state index is 5.84. The van der Waals surface area contributed by atoms with E-state index in [0.717, 1.165) is 21.1 Å². The van der Waals surface area contributed by atoms with Crippen LogP contribution < -0.4 is 5.73 Å². The van der Waals surface area contributed by atoms with E-state index in [1.807, 2.05) is 18.2 Å². The van der Waals surface area contributed by atoms with Crippen LogP contribution in [0.5, 0.6) is 0 Å². The van der Waals surface area contributed by atoms with E-state index in [0.29, 0.717) is 0 Å². The first-order chi connectivity index (χ1) is 6.70. The largest absolute Gasteiger partial charge is 0.357 e. The SMILES string of the molecule is C=C[C@H](N)c1cc2cc(Br)ccc2[nH]1. The van der Waals surface area contributed by atoms with Crippen LogP contribution >= 0.6 is 15.9 Å². The van der Waals surface area contributed by atoms with Gasteiger partial charge in [0.25, 0.3) is 0 Å². The van der Waals surface area contributed by atoms with E-state index in [2.05, 4.69) is 33.6 Å². The van der Waals surface area contributed by atoms with Gasteiger partial charge in [-0.3, -0.25) is 0 Å². The molecule has 1 aromatic carbocycles. The van der Waals surface area contributed by atoms with Crippen molar-refractivity contribution in [1.29, 1.82) is 0 Å². The van der Waals surface area contributed by atoms with Gasteiger partial charge in [-0.15, -0.1) is 6.58 Å². The molecule has 0 saturated carbocycles. The molecule has 2 nitrogen and oxygen atoms in total. The van der Waals surface area contributed by atoms with E-state index in [4.69, 9.17) is 5.73 Å². The maximum absolute atomic E-state index is 5.84. The van der Waals surface area contributed by atoms with Crippen molar-refractivity contribution < 1.29 is 0 Å². The van der Waals surface area contributed by atoms with Gasteiger partial charge in [0.2, 0.25) is 0 Å². The molecule has 0 aliphatic rings. The molecule has 2 rings (SSSR count). The maximum Gasteiger partial charge on any atom is 0.0631 e. The Morgan fingerprint density at radius 2 is 2.21 bits per heavy atom. The topological polar surface area (TPSA) is 41.8 Å². The molecular weight excluding hydrogens is 240 g/mol. The summed E-state index contributed by atoms with van der Waals surface area (Å²) in [5.74, 6) is 0. The average molecular weight is 251 g/mol. The number of fused-ring (bicyclic) bond motifs is 1. The molecule has 1 heterocycles. The van der Waals surface area contributed by atoms with E-state index < -0.39 is 0 Å².